The molecule has 0 aliphatic carbocycles. The monoisotopic (exact) mass is 346 g/mol. The second-order valence-electron chi connectivity index (χ2n) is 5.28. The van der Waals surface area contributed by atoms with Crippen LogP contribution in [0, 0.1) is 5.82 Å². The van der Waals surface area contributed by atoms with Crippen LogP contribution in [0.25, 0.3) is 11.4 Å². The molecular formula is C17H15FN2O3S. The highest BCUT2D eigenvalue weighted by atomic mass is 32.2. The van der Waals surface area contributed by atoms with Crippen molar-refractivity contribution in [3.63, 3.8) is 0 Å². The number of sulfone groups is 1. The molecule has 0 saturated carbocycles. The Hall–Kier alpha value is -2.54. The molecule has 0 atom stereocenters. The van der Waals surface area contributed by atoms with Crippen LogP contribution < -0.4 is 0 Å². The smallest absolute Gasteiger partial charge is 0.242 e. The fourth-order valence-corrected chi connectivity index (χ4v) is 3.41. The number of rotatable bonds is 5. The minimum absolute atomic E-state index is 0.0335. The fraction of sp³-hybridized carbons (Fsp3) is 0.176. The molecule has 0 spiro atoms. The van der Waals surface area contributed by atoms with Crippen LogP contribution in [0.5, 0.6) is 0 Å². The van der Waals surface area contributed by atoms with Gasteiger partial charge in [0.2, 0.25) is 11.7 Å². The van der Waals surface area contributed by atoms with Crippen LogP contribution in [0.1, 0.15) is 18.4 Å². The Bertz CT molecular complexity index is 950. The Labute approximate surface area is 139 Å². The van der Waals surface area contributed by atoms with Crippen molar-refractivity contribution >= 4 is 9.84 Å². The topological polar surface area (TPSA) is 73.1 Å². The molecule has 0 N–H and O–H groups in total. The van der Waals surface area contributed by atoms with E-state index in [1.165, 1.54) is 23.8 Å². The maximum Gasteiger partial charge on any atom is 0.242 e. The van der Waals surface area contributed by atoms with Crippen LogP contribution in [-0.2, 0) is 22.0 Å². The second kappa shape index (κ2) is 6.52. The SMILES string of the molecule is CCc1ccc(-c2noc(CS(=O)(=O)c3cccc(F)c3)n2)cc1. The molecule has 0 amide bonds. The summed E-state index contributed by atoms with van der Waals surface area (Å²) in [5.74, 6) is -0.800. The Morgan fingerprint density at radius 2 is 1.88 bits per heavy atom. The van der Waals surface area contributed by atoms with Crippen LogP contribution in [-0.4, -0.2) is 18.6 Å². The first-order valence-corrected chi connectivity index (χ1v) is 9.03. The number of aryl methyl sites for hydroxylation is 1. The first-order chi connectivity index (χ1) is 11.5. The summed E-state index contributed by atoms with van der Waals surface area (Å²) in [4.78, 5) is 4.00. The molecule has 0 unspecified atom stereocenters. The maximum atomic E-state index is 13.2. The van der Waals surface area contributed by atoms with Gasteiger partial charge in [-0.3, -0.25) is 0 Å². The molecule has 3 aromatic rings. The van der Waals surface area contributed by atoms with Crippen molar-refractivity contribution in [3.05, 3.63) is 65.8 Å². The summed E-state index contributed by atoms with van der Waals surface area (Å²) in [6, 6.07) is 12.4. The molecule has 1 heterocycles. The molecule has 0 saturated heterocycles. The summed E-state index contributed by atoms with van der Waals surface area (Å²) < 4.78 is 42.8. The first-order valence-electron chi connectivity index (χ1n) is 7.38. The zero-order chi connectivity index (χ0) is 17.2. The van der Waals surface area contributed by atoms with Gasteiger partial charge in [0.05, 0.1) is 4.90 Å². The Balaban J connectivity index is 1.83. The van der Waals surface area contributed by atoms with E-state index < -0.39 is 21.4 Å². The largest absolute Gasteiger partial charge is 0.338 e. The van der Waals surface area contributed by atoms with Gasteiger partial charge < -0.3 is 4.52 Å². The third-order valence-corrected chi connectivity index (χ3v) is 5.16. The van der Waals surface area contributed by atoms with E-state index in [9.17, 15) is 12.8 Å². The lowest BCUT2D eigenvalue weighted by Crippen LogP contribution is -2.05. The van der Waals surface area contributed by atoms with Gasteiger partial charge in [-0.15, -0.1) is 0 Å². The Kier molecular flexibility index (Phi) is 4.44. The van der Waals surface area contributed by atoms with Gasteiger partial charge in [0.1, 0.15) is 11.6 Å². The average Bonchev–Trinajstić information content (AvgIpc) is 3.03. The predicted molar refractivity (Wildman–Crippen MR) is 86.4 cm³/mol. The normalized spacial score (nSPS) is 11.6. The predicted octanol–water partition coefficient (Wildman–Crippen LogP) is 3.41. The minimum Gasteiger partial charge on any atom is -0.338 e. The molecule has 124 valence electrons. The molecule has 7 heteroatoms. The van der Waals surface area contributed by atoms with Crippen molar-refractivity contribution in [2.24, 2.45) is 0 Å². The minimum atomic E-state index is -3.75. The van der Waals surface area contributed by atoms with Gasteiger partial charge >= 0.3 is 0 Å². The zero-order valence-electron chi connectivity index (χ0n) is 12.9. The van der Waals surface area contributed by atoms with Crippen LogP contribution in [0.3, 0.4) is 0 Å². The molecule has 0 aliphatic heterocycles. The first kappa shape index (κ1) is 16.3. The van der Waals surface area contributed by atoms with Crippen LogP contribution in [0.2, 0.25) is 0 Å². The van der Waals surface area contributed by atoms with E-state index in [2.05, 4.69) is 17.1 Å². The Morgan fingerprint density at radius 3 is 2.54 bits per heavy atom. The number of aromatic nitrogens is 2. The Morgan fingerprint density at radius 1 is 1.12 bits per heavy atom. The number of benzene rings is 2. The summed E-state index contributed by atoms with van der Waals surface area (Å²) in [7, 11) is -3.75. The summed E-state index contributed by atoms with van der Waals surface area (Å²) in [6.45, 7) is 2.05. The lowest BCUT2D eigenvalue weighted by atomic mass is 10.1. The standard InChI is InChI=1S/C17H15FN2O3S/c1-2-12-6-8-13(9-7-12)17-19-16(23-20-17)11-24(21,22)15-5-3-4-14(18)10-15/h3-10H,2,11H2,1H3. The van der Waals surface area contributed by atoms with Crippen molar-refractivity contribution in [1.29, 1.82) is 0 Å². The van der Waals surface area contributed by atoms with E-state index >= 15 is 0 Å². The molecule has 1 aromatic heterocycles. The molecule has 0 fully saturated rings. The lowest BCUT2D eigenvalue weighted by Gasteiger charge is -2.01. The van der Waals surface area contributed by atoms with Gasteiger partial charge in [0.25, 0.3) is 0 Å². The quantitative estimate of drug-likeness (QED) is 0.708. The van der Waals surface area contributed by atoms with Gasteiger partial charge in [0.15, 0.2) is 9.84 Å². The van der Waals surface area contributed by atoms with Crippen LogP contribution in [0.15, 0.2) is 57.9 Å². The van der Waals surface area contributed by atoms with Gasteiger partial charge in [-0.05, 0) is 30.2 Å². The van der Waals surface area contributed by atoms with E-state index in [-0.39, 0.29) is 10.8 Å². The summed E-state index contributed by atoms with van der Waals surface area (Å²) in [6.07, 6.45) is 0.920. The summed E-state index contributed by atoms with van der Waals surface area (Å²) in [5, 5.41) is 3.81. The van der Waals surface area contributed by atoms with Crippen molar-refractivity contribution in [2.45, 2.75) is 24.0 Å². The van der Waals surface area contributed by atoms with Crippen LogP contribution >= 0.6 is 0 Å². The van der Waals surface area contributed by atoms with E-state index in [1.807, 2.05) is 24.3 Å². The molecular weight excluding hydrogens is 331 g/mol. The summed E-state index contributed by atoms with van der Waals surface area (Å²) in [5.41, 5.74) is 1.92. The lowest BCUT2D eigenvalue weighted by molar-refractivity contribution is 0.389. The molecule has 5 nitrogen and oxygen atoms in total. The molecule has 0 bridgehead atoms. The highest BCUT2D eigenvalue weighted by Gasteiger charge is 2.20. The van der Waals surface area contributed by atoms with E-state index in [0.29, 0.717) is 5.82 Å². The van der Waals surface area contributed by atoms with E-state index in [0.717, 1.165) is 18.1 Å². The second-order valence-corrected chi connectivity index (χ2v) is 7.27. The summed E-state index contributed by atoms with van der Waals surface area (Å²) >= 11 is 0. The third-order valence-electron chi connectivity index (χ3n) is 3.56. The van der Waals surface area contributed by atoms with Crippen LogP contribution in [0.4, 0.5) is 4.39 Å². The molecule has 3 rings (SSSR count). The molecule has 0 aliphatic rings. The molecule has 24 heavy (non-hydrogen) atoms. The number of halogens is 1. The van der Waals surface area contributed by atoms with Crippen molar-refractivity contribution in [2.75, 3.05) is 0 Å². The third kappa shape index (κ3) is 3.51. The average molecular weight is 346 g/mol. The van der Waals surface area contributed by atoms with E-state index in [1.54, 1.807) is 0 Å². The van der Waals surface area contributed by atoms with Crippen molar-refractivity contribution < 1.29 is 17.3 Å². The maximum absolute atomic E-state index is 13.2. The van der Waals surface area contributed by atoms with Crippen molar-refractivity contribution in [3.8, 4) is 11.4 Å². The highest BCUT2D eigenvalue weighted by Crippen LogP contribution is 2.20. The molecule has 2 aromatic carbocycles. The van der Waals surface area contributed by atoms with Gasteiger partial charge in [-0.1, -0.05) is 42.4 Å². The fourth-order valence-electron chi connectivity index (χ4n) is 2.23. The van der Waals surface area contributed by atoms with Gasteiger partial charge in [-0.2, -0.15) is 4.98 Å². The number of hydrogen-bond acceptors (Lipinski definition) is 5. The highest BCUT2D eigenvalue weighted by molar-refractivity contribution is 7.90. The van der Waals surface area contributed by atoms with Gasteiger partial charge in [-0.25, -0.2) is 12.8 Å². The zero-order valence-corrected chi connectivity index (χ0v) is 13.8. The van der Waals surface area contributed by atoms with Crippen molar-refractivity contribution in [1.82, 2.24) is 10.1 Å². The van der Waals surface area contributed by atoms with E-state index in [4.69, 9.17) is 4.52 Å². The molecule has 0 radical (unpaired) electrons. The van der Waals surface area contributed by atoms with Gasteiger partial charge in [0, 0.05) is 5.56 Å². The number of hydrogen-bond donors (Lipinski definition) is 0. The number of nitrogens with zero attached hydrogens (tertiary/aromatic N) is 2.